The summed E-state index contributed by atoms with van der Waals surface area (Å²) in [4.78, 5) is 35.9. The number of halogens is 2. The van der Waals surface area contributed by atoms with Crippen LogP contribution in [0.3, 0.4) is 0 Å². The maximum Gasteiger partial charge on any atom is 0.306 e. The van der Waals surface area contributed by atoms with E-state index in [1.807, 2.05) is 36.4 Å². The van der Waals surface area contributed by atoms with Gasteiger partial charge < -0.3 is 15.4 Å². The van der Waals surface area contributed by atoms with Gasteiger partial charge in [-0.2, -0.15) is 0 Å². The smallest absolute Gasteiger partial charge is 0.306 e. The molecule has 0 atom stereocenters. The summed E-state index contributed by atoms with van der Waals surface area (Å²) in [6, 6.07) is 17.8. The molecule has 8 heteroatoms. The molecule has 0 spiro atoms. The van der Waals surface area contributed by atoms with Crippen molar-refractivity contribution in [1.29, 1.82) is 0 Å². The lowest BCUT2D eigenvalue weighted by atomic mass is 10.1. The average molecular weight is 445 g/mol. The Morgan fingerprint density at radius 1 is 0.800 bits per heavy atom. The SMILES string of the molecule is O=C(CCC(=O)OCC(=O)Nc1cccc2ccccc12)Nc1ccc(Cl)c(Cl)c1. The Hall–Kier alpha value is -3.09. The summed E-state index contributed by atoms with van der Waals surface area (Å²) in [6.07, 6.45) is -0.251. The number of rotatable bonds is 7. The molecule has 0 aliphatic rings. The Balaban J connectivity index is 1.43. The molecule has 0 radical (unpaired) electrons. The summed E-state index contributed by atoms with van der Waals surface area (Å²) < 4.78 is 4.95. The fourth-order valence-electron chi connectivity index (χ4n) is 2.75. The van der Waals surface area contributed by atoms with Crippen LogP contribution in [0.15, 0.2) is 60.7 Å². The van der Waals surface area contributed by atoms with E-state index in [4.69, 9.17) is 27.9 Å². The van der Waals surface area contributed by atoms with E-state index < -0.39 is 18.5 Å². The number of nitrogens with one attached hydrogen (secondary N) is 2. The molecule has 0 aromatic heterocycles. The minimum atomic E-state index is -0.646. The van der Waals surface area contributed by atoms with Crippen LogP contribution in [0.1, 0.15) is 12.8 Å². The van der Waals surface area contributed by atoms with Crippen molar-refractivity contribution in [3.05, 3.63) is 70.7 Å². The van der Waals surface area contributed by atoms with Gasteiger partial charge in [-0.3, -0.25) is 14.4 Å². The number of carbonyl (C=O) groups excluding carboxylic acids is 3. The number of carbonyl (C=O) groups is 3. The van der Waals surface area contributed by atoms with E-state index in [1.54, 1.807) is 18.2 Å². The van der Waals surface area contributed by atoms with Crippen LogP contribution in [0.4, 0.5) is 11.4 Å². The first kappa shape index (κ1) is 21.6. The highest BCUT2D eigenvalue weighted by atomic mass is 35.5. The minimum Gasteiger partial charge on any atom is -0.456 e. The molecule has 0 bridgehead atoms. The molecule has 0 fully saturated rings. The fraction of sp³-hybridized carbons (Fsp3) is 0.136. The van der Waals surface area contributed by atoms with Gasteiger partial charge >= 0.3 is 5.97 Å². The van der Waals surface area contributed by atoms with Gasteiger partial charge in [-0.1, -0.05) is 59.6 Å². The Morgan fingerprint density at radius 2 is 1.57 bits per heavy atom. The van der Waals surface area contributed by atoms with E-state index in [1.165, 1.54) is 6.07 Å². The van der Waals surface area contributed by atoms with Gasteiger partial charge in [0.25, 0.3) is 5.91 Å². The van der Waals surface area contributed by atoms with Crippen LogP contribution in [0.25, 0.3) is 10.8 Å². The van der Waals surface area contributed by atoms with E-state index in [9.17, 15) is 14.4 Å². The minimum absolute atomic E-state index is 0.0932. The molecule has 3 rings (SSSR count). The fourth-order valence-corrected chi connectivity index (χ4v) is 3.05. The summed E-state index contributed by atoms with van der Waals surface area (Å²) in [6.45, 7) is -0.434. The van der Waals surface area contributed by atoms with Crippen LogP contribution in [-0.2, 0) is 19.1 Å². The van der Waals surface area contributed by atoms with Gasteiger partial charge in [0.2, 0.25) is 5.91 Å². The van der Waals surface area contributed by atoms with Crippen molar-refractivity contribution in [2.45, 2.75) is 12.8 Å². The average Bonchev–Trinajstić information content (AvgIpc) is 2.74. The molecule has 0 heterocycles. The van der Waals surface area contributed by atoms with Gasteiger partial charge in [-0.15, -0.1) is 0 Å². The van der Waals surface area contributed by atoms with Crippen molar-refractivity contribution >= 4 is 63.1 Å². The normalized spacial score (nSPS) is 10.5. The maximum absolute atomic E-state index is 12.1. The van der Waals surface area contributed by atoms with Gasteiger partial charge in [-0.05, 0) is 29.7 Å². The second kappa shape index (κ2) is 10.1. The van der Waals surface area contributed by atoms with Crippen molar-refractivity contribution in [2.75, 3.05) is 17.2 Å². The largest absolute Gasteiger partial charge is 0.456 e. The molecule has 2 N–H and O–H groups in total. The molecule has 0 saturated carbocycles. The standard InChI is InChI=1S/C22H18Cl2N2O4/c23-17-9-8-15(12-18(17)24)25-20(27)10-11-22(29)30-13-21(28)26-19-7-3-5-14-4-1-2-6-16(14)19/h1-9,12H,10-11,13H2,(H,25,27)(H,26,28). The first-order valence-electron chi connectivity index (χ1n) is 9.10. The first-order valence-corrected chi connectivity index (χ1v) is 9.86. The summed E-state index contributed by atoms with van der Waals surface area (Å²) in [5.41, 5.74) is 1.10. The van der Waals surface area contributed by atoms with E-state index in [0.717, 1.165) is 10.8 Å². The Kier molecular flexibility index (Phi) is 7.27. The molecule has 0 aliphatic carbocycles. The Morgan fingerprint density at radius 3 is 2.37 bits per heavy atom. The number of amides is 2. The monoisotopic (exact) mass is 444 g/mol. The summed E-state index contributed by atoms with van der Waals surface area (Å²) in [7, 11) is 0. The molecule has 2 amide bonds. The van der Waals surface area contributed by atoms with Crippen LogP contribution < -0.4 is 10.6 Å². The number of hydrogen-bond acceptors (Lipinski definition) is 4. The molecule has 30 heavy (non-hydrogen) atoms. The third-order valence-electron chi connectivity index (χ3n) is 4.19. The highest BCUT2D eigenvalue weighted by Gasteiger charge is 2.12. The van der Waals surface area contributed by atoms with Crippen molar-refractivity contribution < 1.29 is 19.1 Å². The third kappa shape index (κ3) is 5.95. The second-order valence-electron chi connectivity index (χ2n) is 6.41. The molecule has 6 nitrogen and oxygen atoms in total. The molecule has 3 aromatic carbocycles. The topological polar surface area (TPSA) is 84.5 Å². The lowest BCUT2D eigenvalue weighted by Gasteiger charge is -2.09. The zero-order chi connectivity index (χ0) is 21.5. The summed E-state index contributed by atoms with van der Waals surface area (Å²) in [5, 5.41) is 7.90. The van der Waals surface area contributed by atoms with E-state index in [0.29, 0.717) is 21.4 Å². The number of benzene rings is 3. The quantitative estimate of drug-likeness (QED) is 0.499. The van der Waals surface area contributed by atoms with Crippen molar-refractivity contribution in [3.8, 4) is 0 Å². The third-order valence-corrected chi connectivity index (χ3v) is 4.93. The predicted octanol–water partition coefficient (Wildman–Crippen LogP) is 5.05. The van der Waals surface area contributed by atoms with E-state index in [2.05, 4.69) is 10.6 Å². The molecular weight excluding hydrogens is 427 g/mol. The van der Waals surface area contributed by atoms with Crippen LogP contribution >= 0.6 is 23.2 Å². The van der Waals surface area contributed by atoms with Crippen molar-refractivity contribution in [2.24, 2.45) is 0 Å². The number of fused-ring (bicyclic) bond motifs is 1. The zero-order valence-electron chi connectivity index (χ0n) is 15.8. The second-order valence-corrected chi connectivity index (χ2v) is 7.23. The number of esters is 1. The molecule has 3 aromatic rings. The van der Waals surface area contributed by atoms with Crippen LogP contribution in [-0.4, -0.2) is 24.4 Å². The Labute approximate surface area is 183 Å². The summed E-state index contributed by atoms with van der Waals surface area (Å²) >= 11 is 11.7. The van der Waals surface area contributed by atoms with Gasteiger partial charge in [0.15, 0.2) is 6.61 Å². The first-order chi connectivity index (χ1) is 14.4. The van der Waals surface area contributed by atoms with E-state index in [-0.39, 0.29) is 18.7 Å². The molecular formula is C22H18Cl2N2O4. The molecule has 0 saturated heterocycles. The molecule has 0 aliphatic heterocycles. The van der Waals surface area contributed by atoms with Gasteiger partial charge in [0.05, 0.1) is 16.5 Å². The lowest BCUT2D eigenvalue weighted by molar-refractivity contribution is -0.147. The maximum atomic E-state index is 12.1. The van der Waals surface area contributed by atoms with Crippen LogP contribution in [0.5, 0.6) is 0 Å². The molecule has 154 valence electrons. The highest BCUT2D eigenvalue weighted by Crippen LogP contribution is 2.25. The van der Waals surface area contributed by atoms with Gasteiger partial charge in [0.1, 0.15) is 0 Å². The van der Waals surface area contributed by atoms with E-state index >= 15 is 0 Å². The number of anilines is 2. The molecule has 0 unspecified atom stereocenters. The Bertz CT molecular complexity index is 1100. The highest BCUT2D eigenvalue weighted by molar-refractivity contribution is 6.42. The predicted molar refractivity (Wildman–Crippen MR) is 118 cm³/mol. The number of ether oxygens (including phenoxy) is 1. The van der Waals surface area contributed by atoms with Crippen molar-refractivity contribution in [1.82, 2.24) is 0 Å². The van der Waals surface area contributed by atoms with Gasteiger partial charge in [-0.25, -0.2) is 0 Å². The lowest BCUT2D eigenvalue weighted by Crippen LogP contribution is -2.22. The van der Waals surface area contributed by atoms with Gasteiger partial charge in [0, 0.05) is 23.2 Å². The summed E-state index contributed by atoms with van der Waals surface area (Å²) in [5.74, 6) is -1.49. The zero-order valence-corrected chi connectivity index (χ0v) is 17.3. The van der Waals surface area contributed by atoms with Crippen LogP contribution in [0, 0.1) is 0 Å². The van der Waals surface area contributed by atoms with Crippen molar-refractivity contribution in [3.63, 3.8) is 0 Å². The number of hydrogen-bond donors (Lipinski definition) is 2. The van der Waals surface area contributed by atoms with Crippen LogP contribution in [0.2, 0.25) is 10.0 Å².